The van der Waals surface area contributed by atoms with E-state index in [0.717, 1.165) is 0 Å². The van der Waals surface area contributed by atoms with Gasteiger partial charge in [-0.2, -0.15) is 0 Å². The molecular weight excluding hydrogens is 392 g/mol. The molecule has 0 atom stereocenters. The summed E-state index contributed by atoms with van der Waals surface area (Å²) in [6, 6.07) is 0. The van der Waals surface area contributed by atoms with Gasteiger partial charge in [0.2, 0.25) is 0 Å². The Hall–Kier alpha value is 0.339. The fourth-order valence-corrected chi connectivity index (χ4v) is 0.875. The van der Waals surface area contributed by atoms with Gasteiger partial charge in [0.25, 0.3) is 0 Å². The van der Waals surface area contributed by atoms with Gasteiger partial charge < -0.3 is 21.1 Å². The molecule has 0 aromatic carbocycles. The van der Waals surface area contributed by atoms with Crippen LogP contribution in [-0.2, 0) is 41.5 Å². The zero-order valence-corrected chi connectivity index (χ0v) is 17.5. The molecule has 9 heteroatoms. The maximum Gasteiger partial charge on any atom is 0.174 e. The minimum atomic E-state index is 0. The molecule has 0 amide bonds. The Kier molecular flexibility index (Phi) is 23.0. The van der Waals surface area contributed by atoms with Crippen LogP contribution in [0.1, 0.15) is 27.7 Å². The number of thioether (sulfide) groups is 2. The average Bonchev–Trinajstić information content (AvgIpc) is 2.38. The first-order valence-electron chi connectivity index (χ1n) is 6.01. The Morgan fingerprint density at radius 3 is 1.33 bits per heavy atom. The van der Waals surface area contributed by atoms with Gasteiger partial charge >= 0.3 is 0 Å². The van der Waals surface area contributed by atoms with Crippen molar-refractivity contribution in [2.45, 2.75) is 27.7 Å². The normalized spacial score (nSPS) is 10.3. The van der Waals surface area contributed by atoms with Gasteiger partial charge in [0.1, 0.15) is 0 Å². The summed E-state index contributed by atoms with van der Waals surface area (Å²) < 4.78 is 1.38. The third-order valence-corrected chi connectivity index (χ3v) is 3.55. The number of thiol groups is 2. The Morgan fingerprint density at radius 2 is 1.14 bits per heavy atom. The van der Waals surface area contributed by atoms with Gasteiger partial charge in [0.15, 0.2) is 33.1 Å². The van der Waals surface area contributed by atoms with Gasteiger partial charge in [-0.15, -0.1) is 0 Å². The van der Waals surface area contributed by atoms with E-state index in [1.54, 1.807) is 12.4 Å². The van der Waals surface area contributed by atoms with Crippen LogP contribution in [0.3, 0.4) is 0 Å². The van der Waals surface area contributed by atoms with Crippen molar-refractivity contribution in [3.63, 3.8) is 0 Å². The first-order valence-corrected chi connectivity index (χ1v) is 9.36. The predicted octanol–water partition coefficient (Wildman–Crippen LogP) is 3.46. The second-order valence-electron chi connectivity index (χ2n) is 4.19. The van der Waals surface area contributed by atoms with Crippen LogP contribution in [-0.4, -0.2) is 33.6 Å². The molecule has 0 aliphatic rings. The van der Waals surface area contributed by atoms with E-state index in [9.17, 15) is 0 Å². The molecule has 0 spiro atoms. The third-order valence-electron chi connectivity index (χ3n) is 1.38. The van der Waals surface area contributed by atoms with E-state index in [-0.39, 0.29) is 17.1 Å². The topological polar surface area (TPSA) is 52.9 Å². The van der Waals surface area contributed by atoms with Crippen LogP contribution in [0.15, 0.2) is 10.2 Å². The SMILES string of the molecule is CSC(=[SH+])[N-]N=CC(C)C.CSC(=[SH+])[N-]N=CC(C)C.[Cu]. The van der Waals surface area contributed by atoms with Crippen LogP contribution in [0.2, 0.25) is 0 Å². The zero-order chi connectivity index (χ0) is 16.0. The van der Waals surface area contributed by atoms with Crippen molar-refractivity contribution in [3.05, 3.63) is 10.9 Å². The summed E-state index contributed by atoms with van der Waals surface area (Å²) in [4.78, 5) is 0. The van der Waals surface area contributed by atoms with Gasteiger partial charge in [-0.25, -0.2) is 0 Å². The molecule has 0 aromatic rings. The van der Waals surface area contributed by atoms with Crippen molar-refractivity contribution >= 4 is 69.0 Å². The average molecular weight is 416 g/mol. The van der Waals surface area contributed by atoms with Gasteiger partial charge in [0, 0.05) is 17.1 Å². The van der Waals surface area contributed by atoms with Crippen LogP contribution in [0, 0.1) is 11.8 Å². The molecule has 0 aliphatic carbocycles. The molecule has 0 rings (SSSR count). The third kappa shape index (κ3) is 25.6. The Morgan fingerprint density at radius 1 is 0.857 bits per heavy atom. The monoisotopic (exact) mass is 415 g/mol. The van der Waals surface area contributed by atoms with Crippen LogP contribution in [0.5, 0.6) is 0 Å². The maximum atomic E-state index is 4.03. The molecule has 21 heavy (non-hydrogen) atoms. The maximum absolute atomic E-state index is 4.03. The van der Waals surface area contributed by atoms with Crippen molar-refractivity contribution < 1.29 is 17.1 Å². The summed E-state index contributed by atoms with van der Waals surface area (Å²) in [5.41, 5.74) is 7.59. The molecule has 0 N–H and O–H groups in total. The van der Waals surface area contributed by atoms with Crippen molar-refractivity contribution in [3.8, 4) is 0 Å². The first-order chi connectivity index (χ1) is 9.33. The van der Waals surface area contributed by atoms with Crippen molar-refractivity contribution in [1.82, 2.24) is 0 Å². The van der Waals surface area contributed by atoms with Crippen LogP contribution < -0.4 is 0 Å². The number of nitrogens with zero attached hydrogens (tertiary/aromatic N) is 4. The molecule has 0 aliphatic heterocycles. The largest absolute Gasteiger partial charge is 0.520 e. The molecular formula is C12H24CuN4S4. The van der Waals surface area contributed by atoms with Crippen LogP contribution in [0.4, 0.5) is 0 Å². The summed E-state index contributed by atoms with van der Waals surface area (Å²) in [6.07, 6.45) is 7.40. The van der Waals surface area contributed by atoms with Crippen molar-refractivity contribution in [2.75, 3.05) is 12.5 Å². The van der Waals surface area contributed by atoms with E-state index in [1.807, 2.05) is 12.5 Å². The molecule has 0 saturated heterocycles. The Labute approximate surface area is 158 Å². The second-order valence-corrected chi connectivity index (χ2v) is 7.23. The number of rotatable bonds is 4. The summed E-state index contributed by atoms with van der Waals surface area (Å²) in [7, 11) is 0. The zero-order valence-electron chi connectivity index (χ0n) is 13.1. The minimum absolute atomic E-state index is 0. The Balaban J connectivity index is -0.000000295. The van der Waals surface area contributed by atoms with E-state index in [1.165, 1.54) is 23.5 Å². The van der Waals surface area contributed by atoms with Crippen molar-refractivity contribution in [2.24, 2.45) is 22.0 Å². The molecule has 0 heterocycles. The molecule has 0 unspecified atom stereocenters. The fraction of sp³-hybridized carbons (Fsp3) is 0.667. The summed E-state index contributed by atoms with van der Waals surface area (Å²) in [6.45, 7) is 8.21. The van der Waals surface area contributed by atoms with Gasteiger partial charge in [-0.1, -0.05) is 51.2 Å². The number of hydrogen-bond donors (Lipinski definition) is 0. The Bertz CT molecular complexity index is 301. The van der Waals surface area contributed by atoms with Gasteiger partial charge in [-0.3, -0.25) is 0 Å². The molecule has 0 saturated carbocycles. The summed E-state index contributed by atoms with van der Waals surface area (Å²) in [5.74, 6) is 0.901. The van der Waals surface area contributed by atoms with Crippen LogP contribution in [0.25, 0.3) is 10.9 Å². The van der Waals surface area contributed by atoms with E-state index >= 15 is 0 Å². The van der Waals surface area contributed by atoms with Crippen molar-refractivity contribution in [1.29, 1.82) is 0 Å². The van der Waals surface area contributed by atoms with E-state index < -0.39 is 0 Å². The second kappa shape index (κ2) is 18.4. The first kappa shape index (κ1) is 26.2. The van der Waals surface area contributed by atoms with E-state index in [0.29, 0.717) is 20.5 Å². The molecule has 127 valence electrons. The predicted molar refractivity (Wildman–Crippen MR) is 108 cm³/mol. The van der Waals surface area contributed by atoms with E-state index in [2.05, 4.69) is 73.2 Å². The summed E-state index contributed by atoms with van der Waals surface area (Å²) in [5, 5.41) is 7.61. The molecule has 1 radical (unpaired) electrons. The number of hydrogen-bond acceptors (Lipinski definition) is 4. The molecule has 0 bridgehead atoms. The minimum Gasteiger partial charge on any atom is -0.520 e. The summed E-state index contributed by atoms with van der Waals surface area (Å²) >= 11 is 11.0. The quantitative estimate of drug-likeness (QED) is 0.176. The van der Waals surface area contributed by atoms with Crippen LogP contribution >= 0.6 is 23.5 Å². The van der Waals surface area contributed by atoms with E-state index in [4.69, 9.17) is 0 Å². The molecule has 0 fully saturated rings. The van der Waals surface area contributed by atoms with Gasteiger partial charge in [0.05, 0.1) is 0 Å². The fourth-order valence-electron chi connectivity index (χ4n) is 0.514. The molecule has 4 nitrogen and oxygen atoms in total. The van der Waals surface area contributed by atoms with Gasteiger partial charge in [-0.05, 0) is 36.8 Å². The standard InChI is InChI=1S/2C6H12N2S2.Cu/c2*1-5(2)4-7-8-6(9)10-3;/h2*4-5H,1-3H3,(H,8,9);. The smallest absolute Gasteiger partial charge is 0.174 e. The molecule has 0 aromatic heterocycles.